The molecule has 3 rings (SSSR count). The summed E-state index contributed by atoms with van der Waals surface area (Å²) in [4.78, 5) is 25.1. The molecule has 0 saturated carbocycles. The zero-order valence-corrected chi connectivity index (χ0v) is 14.1. The quantitative estimate of drug-likeness (QED) is 0.599. The van der Waals surface area contributed by atoms with Gasteiger partial charge >= 0.3 is 5.97 Å². The SMILES string of the molecule is O=C(O)C1=CCS[C@H]2C(NS(=O)(=O)NCc3cccs3)C(=O)N12. The van der Waals surface area contributed by atoms with Crippen molar-refractivity contribution in [2.45, 2.75) is 18.0 Å². The highest BCUT2D eigenvalue weighted by Crippen LogP contribution is 2.37. The Hall–Kier alpha value is -1.40. The van der Waals surface area contributed by atoms with Crippen molar-refractivity contribution in [3.8, 4) is 0 Å². The van der Waals surface area contributed by atoms with E-state index in [2.05, 4.69) is 9.44 Å². The largest absolute Gasteiger partial charge is 0.477 e. The highest BCUT2D eigenvalue weighted by atomic mass is 32.2. The number of hydrogen-bond donors (Lipinski definition) is 3. The Morgan fingerprint density at radius 1 is 1.48 bits per heavy atom. The number of amides is 1. The van der Waals surface area contributed by atoms with Crippen LogP contribution in [-0.4, -0.2) is 47.5 Å². The molecular formula is C12H13N3O5S3. The summed E-state index contributed by atoms with van der Waals surface area (Å²) >= 11 is 2.73. The monoisotopic (exact) mass is 375 g/mol. The molecule has 2 atom stereocenters. The van der Waals surface area contributed by atoms with Crippen molar-refractivity contribution in [2.24, 2.45) is 0 Å². The van der Waals surface area contributed by atoms with Crippen molar-refractivity contribution in [3.63, 3.8) is 0 Å². The van der Waals surface area contributed by atoms with Crippen LogP contribution in [0.4, 0.5) is 0 Å². The van der Waals surface area contributed by atoms with Gasteiger partial charge in [0.1, 0.15) is 17.1 Å². The number of nitrogens with zero attached hydrogens (tertiary/aromatic N) is 1. The van der Waals surface area contributed by atoms with Crippen molar-refractivity contribution < 1.29 is 23.1 Å². The standard InChI is InChI=1S/C12H13N3O5S3/c16-10-9(11-15(10)8(12(17)18)3-5-22-11)14-23(19,20)13-6-7-2-1-4-21-7/h1-4,9,11,13-14H,5-6H2,(H,17,18)/t9?,11-/m0/s1. The highest BCUT2D eigenvalue weighted by Gasteiger charge is 2.53. The van der Waals surface area contributed by atoms with Crippen LogP contribution < -0.4 is 9.44 Å². The zero-order valence-electron chi connectivity index (χ0n) is 11.6. The normalized spacial score (nSPS) is 23.9. The minimum Gasteiger partial charge on any atom is -0.477 e. The molecule has 23 heavy (non-hydrogen) atoms. The predicted molar refractivity (Wildman–Crippen MR) is 85.8 cm³/mol. The average molecular weight is 375 g/mol. The van der Waals surface area contributed by atoms with Crippen LogP contribution in [0.25, 0.3) is 0 Å². The summed E-state index contributed by atoms with van der Waals surface area (Å²) in [6.07, 6.45) is 1.45. The van der Waals surface area contributed by atoms with Crippen molar-refractivity contribution in [3.05, 3.63) is 34.2 Å². The zero-order chi connectivity index (χ0) is 16.6. The maximum atomic E-state index is 12.1. The number of carbonyl (C=O) groups is 2. The van der Waals surface area contributed by atoms with Gasteiger partial charge in [0.25, 0.3) is 10.2 Å². The van der Waals surface area contributed by atoms with Crippen LogP contribution in [0.3, 0.4) is 0 Å². The number of thiophene rings is 1. The third kappa shape index (κ3) is 3.28. The Morgan fingerprint density at radius 2 is 2.26 bits per heavy atom. The number of hydrogen-bond acceptors (Lipinski definition) is 6. The van der Waals surface area contributed by atoms with E-state index >= 15 is 0 Å². The summed E-state index contributed by atoms with van der Waals surface area (Å²) in [5.41, 5.74) is -0.0965. The van der Waals surface area contributed by atoms with Gasteiger partial charge in [-0.1, -0.05) is 6.07 Å². The molecule has 0 aliphatic carbocycles. The number of carboxylic acid groups (broad SMARTS) is 1. The Morgan fingerprint density at radius 3 is 2.91 bits per heavy atom. The first-order valence-corrected chi connectivity index (χ1v) is 9.97. The molecule has 1 saturated heterocycles. The van der Waals surface area contributed by atoms with Gasteiger partial charge in [-0.05, 0) is 17.5 Å². The molecule has 11 heteroatoms. The van der Waals surface area contributed by atoms with Gasteiger partial charge in [0.05, 0.1) is 0 Å². The molecule has 1 aromatic rings. The fourth-order valence-corrected chi connectivity index (χ4v) is 5.31. The number of carbonyl (C=O) groups excluding carboxylic acids is 1. The van der Waals surface area contributed by atoms with E-state index in [9.17, 15) is 18.0 Å². The minimum atomic E-state index is -3.86. The van der Waals surface area contributed by atoms with Crippen LogP contribution in [0.1, 0.15) is 4.88 Å². The topological polar surface area (TPSA) is 116 Å². The van der Waals surface area contributed by atoms with Crippen LogP contribution in [0.15, 0.2) is 29.3 Å². The van der Waals surface area contributed by atoms with Crippen LogP contribution in [-0.2, 0) is 26.3 Å². The summed E-state index contributed by atoms with van der Waals surface area (Å²) < 4.78 is 28.7. The van der Waals surface area contributed by atoms with E-state index in [-0.39, 0.29) is 12.2 Å². The summed E-state index contributed by atoms with van der Waals surface area (Å²) in [6, 6.07) is 2.65. The molecule has 1 aromatic heterocycles. The van der Waals surface area contributed by atoms with E-state index in [1.54, 1.807) is 6.07 Å². The molecule has 1 fully saturated rings. The van der Waals surface area contributed by atoms with Crippen LogP contribution >= 0.6 is 23.1 Å². The van der Waals surface area contributed by atoms with Gasteiger partial charge < -0.3 is 5.11 Å². The highest BCUT2D eigenvalue weighted by molar-refractivity contribution is 8.00. The molecule has 8 nitrogen and oxygen atoms in total. The number of rotatable bonds is 6. The Balaban J connectivity index is 1.64. The van der Waals surface area contributed by atoms with E-state index in [0.29, 0.717) is 5.75 Å². The Bertz CT molecular complexity index is 759. The van der Waals surface area contributed by atoms with Gasteiger partial charge in [-0.15, -0.1) is 23.1 Å². The van der Waals surface area contributed by atoms with Crippen LogP contribution in [0.5, 0.6) is 0 Å². The second-order valence-corrected chi connectivity index (χ2v) is 8.54. The predicted octanol–water partition coefficient (Wildman–Crippen LogP) is -0.0757. The number of nitrogens with one attached hydrogen (secondary N) is 2. The molecule has 2 aliphatic rings. The van der Waals surface area contributed by atoms with Gasteiger partial charge in [-0.2, -0.15) is 17.9 Å². The smallest absolute Gasteiger partial charge is 0.352 e. The lowest BCUT2D eigenvalue weighted by Gasteiger charge is -2.48. The second-order valence-electron chi connectivity index (χ2n) is 4.83. The van der Waals surface area contributed by atoms with Gasteiger partial charge in [0, 0.05) is 17.2 Å². The first kappa shape index (κ1) is 16.5. The van der Waals surface area contributed by atoms with E-state index in [0.717, 1.165) is 9.78 Å². The fourth-order valence-electron chi connectivity index (χ4n) is 2.30. The van der Waals surface area contributed by atoms with E-state index in [4.69, 9.17) is 5.11 Å². The molecule has 3 N–H and O–H groups in total. The first-order valence-electron chi connectivity index (χ1n) is 6.56. The fraction of sp³-hybridized carbons (Fsp3) is 0.333. The summed E-state index contributed by atoms with van der Waals surface area (Å²) in [5.74, 6) is -1.34. The number of carboxylic acids is 1. The van der Waals surface area contributed by atoms with Gasteiger partial charge in [-0.3, -0.25) is 9.69 Å². The molecule has 1 amide bonds. The molecule has 0 radical (unpaired) electrons. The van der Waals surface area contributed by atoms with Gasteiger partial charge in [0.15, 0.2) is 0 Å². The molecule has 3 heterocycles. The maximum Gasteiger partial charge on any atom is 0.352 e. The summed E-state index contributed by atoms with van der Waals surface area (Å²) in [5, 5.41) is 10.4. The average Bonchev–Trinajstić information content (AvgIpc) is 3.03. The maximum absolute atomic E-state index is 12.1. The van der Waals surface area contributed by atoms with Crippen molar-refractivity contribution >= 4 is 45.2 Å². The molecular weight excluding hydrogens is 362 g/mol. The van der Waals surface area contributed by atoms with Gasteiger partial charge in [-0.25, -0.2) is 4.79 Å². The van der Waals surface area contributed by atoms with Crippen LogP contribution in [0, 0.1) is 0 Å². The Labute approximate surface area is 140 Å². The van der Waals surface area contributed by atoms with Crippen molar-refractivity contribution in [1.82, 2.24) is 14.3 Å². The minimum absolute atomic E-state index is 0.0965. The molecule has 1 unspecified atom stereocenters. The second kappa shape index (κ2) is 6.24. The number of fused-ring (bicyclic) bond motifs is 1. The number of β-lactam (4-membered cyclic amide) rings is 1. The third-order valence-corrected chi connectivity index (χ3v) is 6.51. The summed E-state index contributed by atoms with van der Waals surface area (Å²) in [7, 11) is -3.86. The lowest BCUT2D eigenvalue weighted by atomic mass is 10.1. The molecule has 2 aliphatic heterocycles. The summed E-state index contributed by atoms with van der Waals surface area (Å²) in [6.45, 7) is 0.135. The molecule has 124 valence electrons. The van der Waals surface area contributed by atoms with Crippen LogP contribution in [0.2, 0.25) is 0 Å². The number of thioether (sulfide) groups is 1. The van der Waals surface area contributed by atoms with E-state index < -0.39 is 33.5 Å². The lowest BCUT2D eigenvalue weighted by molar-refractivity contribution is -0.148. The van der Waals surface area contributed by atoms with E-state index in [1.165, 1.54) is 29.2 Å². The number of aliphatic carboxylic acids is 1. The van der Waals surface area contributed by atoms with E-state index in [1.807, 2.05) is 11.4 Å². The van der Waals surface area contributed by atoms with Gasteiger partial charge in [0.2, 0.25) is 5.91 Å². The molecule has 0 aromatic carbocycles. The van der Waals surface area contributed by atoms with Crippen molar-refractivity contribution in [1.29, 1.82) is 0 Å². The lowest BCUT2D eigenvalue weighted by Crippen LogP contribution is -2.70. The Kier molecular flexibility index (Phi) is 4.47. The third-order valence-electron chi connectivity index (χ3n) is 3.36. The first-order chi connectivity index (χ1) is 10.9. The molecule has 0 spiro atoms. The van der Waals surface area contributed by atoms with Crippen molar-refractivity contribution in [2.75, 3.05) is 5.75 Å². The molecule has 0 bridgehead atoms.